The number of benzene rings is 2. The van der Waals surface area contributed by atoms with Crippen molar-refractivity contribution in [2.24, 2.45) is 0 Å². The average Bonchev–Trinajstić information content (AvgIpc) is 2.41. The van der Waals surface area contributed by atoms with Gasteiger partial charge < -0.3 is 10.6 Å². The Bertz CT molecular complexity index is 613. The Morgan fingerprint density at radius 1 is 1.21 bits per heavy atom. The van der Waals surface area contributed by atoms with Crippen molar-refractivity contribution >= 4 is 28.9 Å². The van der Waals surface area contributed by atoms with Crippen LogP contribution in [0.1, 0.15) is 10.4 Å². The van der Waals surface area contributed by atoms with Crippen molar-refractivity contribution in [1.82, 2.24) is 0 Å². The lowest BCUT2D eigenvalue weighted by atomic mass is 10.2. The van der Waals surface area contributed by atoms with Crippen molar-refractivity contribution in [2.45, 2.75) is 0 Å². The largest absolute Gasteiger partial charge is 0.399 e. The molecule has 98 valence electrons. The van der Waals surface area contributed by atoms with E-state index < -0.39 is 5.82 Å². The van der Waals surface area contributed by atoms with E-state index in [1.165, 1.54) is 23.1 Å². The van der Waals surface area contributed by atoms with Gasteiger partial charge in [-0.05, 0) is 42.5 Å². The van der Waals surface area contributed by atoms with Gasteiger partial charge in [-0.3, -0.25) is 4.79 Å². The Balaban J connectivity index is 2.28. The molecule has 0 saturated heterocycles. The molecular formula is C14H12ClFN2O. The highest BCUT2D eigenvalue weighted by Crippen LogP contribution is 2.20. The van der Waals surface area contributed by atoms with Crippen LogP contribution in [-0.2, 0) is 0 Å². The fourth-order valence-corrected chi connectivity index (χ4v) is 1.82. The highest BCUT2D eigenvalue weighted by Gasteiger charge is 2.14. The van der Waals surface area contributed by atoms with Gasteiger partial charge in [0.05, 0.1) is 5.02 Å². The summed E-state index contributed by atoms with van der Waals surface area (Å²) in [5, 5.41) is -0.0726. The van der Waals surface area contributed by atoms with Crippen LogP contribution in [0.15, 0.2) is 42.5 Å². The van der Waals surface area contributed by atoms with Crippen LogP contribution in [0.2, 0.25) is 5.02 Å². The molecule has 3 nitrogen and oxygen atoms in total. The minimum absolute atomic E-state index is 0.0726. The molecule has 0 heterocycles. The summed E-state index contributed by atoms with van der Waals surface area (Å²) >= 11 is 5.67. The zero-order chi connectivity index (χ0) is 14.0. The molecule has 19 heavy (non-hydrogen) atoms. The molecule has 0 aliphatic heterocycles. The molecule has 1 amide bonds. The molecule has 0 aromatic heterocycles. The predicted octanol–water partition coefficient (Wildman–Crippen LogP) is 3.34. The molecule has 0 atom stereocenters. The third-order valence-corrected chi connectivity index (χ3v) is 3.04. The minimum Gasteiger partial charge on any atom is -0.399 e. The number of hydrogen-bond acceptors (Lipinski definition) is 2. The zero-order valence-corrected chi connectivity index (χ0v) is 11.0. The molecule has 2 N–H and O–H groups in total. The second-order valence-electron chi connectivity index (χ2n) is 4.08. The van der Waals surface area contributed by atoms with E-state index >= 15 is 0 Å². The van der Waals surface area contributed by atoms with Gasteiger partial charge in [0.2, 0.25) is 0 Å². The molecular weight excluding hydrogens is 267 g/mol. The molecule has 5 heteroatoms. The van der Waals surface area contributed by atoms with Gasteiger partial charge in [-0.2, -0.15) is 0 Å². The van der Waals surface area contributed by atoms with Crippen LogP contribution in [0, 0.1) is 5.82 Å². The normalized spacial score (nSPS) is 10.3. The van der Waals surface area contributed by atoms with E-state index in [-0.39, 0.29) is 10.9 Å². The number of nitrogens with zero attached hydrogens (tertiary/aromatic N) is 1. The number of hydrogen-bond donors (Lipinski definition) is 1. The number of halogens is 2. The number of amides is 1. The van der Waals surface area contributed by atoms with E-state index in [9.17, 15) is 9.18 Å². The van der Waals surface area contributed by atoms with E-state index in [1.807, 2.05) is 0 Å². The van der Waals surface area contributed by atoms with Crippen LogP contribution < -0.4 is 10.6 Å². The molecule has 2 aromatic carbocycles. The van der Waals surface area contributed by atoms with Gasteiger partial charge in [0.25, 0.3) is 5.91 Å². The monoisotopic (exact) mass is 278 g/mol. The summed E-state index contributed by atoms with van der Waals surface area (Å²) in [6.07, 6.45) is 0. The summed E-state index contributed by atoms with van der Waals surface area (Å²) in [5.41, 5.74) is 7.23. The summed E-state index contributed by atoms with van der Waals surface area (Å²) in [6, 6.07) is 10.8. The van der Waals surface area contributed by atoms with Gasteiger partial charge in [0.15, 0.2) is 0 Å². The van der Waals surface area contributed by atoms with E-state index in [2.05, 4.69) is 0 Å². The summed E-state index contributed by atoms with van der Waals surface area (Å²) < 4.78 is 13.1. The van der Waals surface area contributed by atoms with Gasteiger partial charge in [-0.15, -0.1) is 0 Å². The molecule has 0 fully saturated rings. The van der Waals surface area contributed by atoms with Crippen LogP contribution >= 0.6 is 11.6 Å². The average molecular weight is 279 g/mol. The molecule has 0 radical (unpaired) electrons. The highest BCUT2D eigenvalue weighted by atomic mass is 35.5. The number of nitrogens with two attached hydrogens (primary N) is 1. The van der Waals surface area contributed by atoms with Gasteiger partial charge in [-0.25, -0.2) is 4.39 Å². The summed E-state index contributed by atoms with van der Waals surface area (Å²) in [4.78, 5) is 13.7. The molecule has 0 spiro atoms. The lowest BCUT2D eigenvalue weighted by Crippen LogP contribution is -2.26. The maximum absolute atomic E-state index is 13.1. The summed E-state index contributed by atoms with van der Waals surface area (Å²) in [7, 11) is 1.63. The van der Waals surface area contributed by atoms with Crippen molar-refractivity contribution in [3.8, 4) is 0 Å². The quantitative estimate of drug-likeness (QED) is 0.857. The Kier molecular flexibility index (Phi) is 3.71. The van der Waals surface area contributed by atoms with Gasteiger partial charge >= 0.3 is 0 Å². The Hall–Kier alpha value is -2.07. The van der Waals surface area contributed by atoms with E-state index in [1.54, 1.807) is 31.3 Å². The van der Waals surface area contributed by atoms with Crippen molar-refractivity contribution in [3.63, 3.8) is 0 Å². The van der Waals surface area contributed by atoms with E-state index in [0.717, 1.165) is 0 Å². The molecule has 2 aromatic rings. The molecule has 0 bridgehead atoms. The van der Waals surface area contributed by atoms with Crippen LogP contribution in [-0.4, -0.2) is 13.0 Å². The van der Waals surface area contributed by atoms with Crippen LogP contribution in [0.25, 0.3) is 0 Å². The summed E-state index contributed by atoms with van der Waals surface area (Å²) in [6.45, 7) is 0. The smallest absolute Gasteiger partial charge is 0.258 e. The molecule has 0 aliphatic carbocycles. The number of rotatable bonds is 2. The standard InChI is InChI=1S/C14H12ClFN2O/c1-18(11-5-3-10(17)4-6-11)14(19)9-2-7-13(16)12(15)8-9/h2-8H,17H2,1H3. The first-order valence-electron chi connectivity index (χ1n) is 5.57. The second-order valence-corrected chi connectivity index (χ2v) is 4.49. The van der Waals surface area contributed by atoms with E-state index in [0.29, 0.717) is 16.9 Å². The molecule has 0 saturated carbocycles. The fourth-order valence-electron chi connectivity index (χ4n) is 1.64. The summed E-state index contributed by atoms with van der Waals surface area (Å²) in [5.74, 6) is -0.819. The molecule has 0 unspecified atom stereocenters. The molecule has 0 aliphatic rings. The molecule has 2 rings (SSSR count). The Morgan fingerprint density at radius 2 is 1.84 bits per heavy atom. The van der Waals surface area contributed by atoms with E-state index in [4.69, 9.17) is 17.3 Å². The topological polar surface area (TPSA) is 46.3 Å². The first-order chi connectivity index (χ1) is 8.99. The van der Waals surface area contributed by atoms with Gasteiger partial charge in [-0.1, -0.05) is 11.6 Å². The SMILES string of the molecule is CN(C(=O)c1ccc(F)c(Cl)c1)c1ccc(N)cc1. The second kappa shape index (κ2) is 5.28. The van der Waals surface area contributed by atoms with Gasteiger partial charge in [0, 0.05) is 24.0 Å². The lowest BCUT2D eigenvalue weighted by Gasteiger charge is -2.17. The predicted molar refractivity (Wildman–Crippen MR) is 75.0 cm³/mol. The first-order valence-corrected chi connectivity index (χ1v) is 5.95. The lowest BCUT2D eigenvalue weighted by molar-refractivity contribution is 0.0993. The van der Waals surface area contributed by atoms with Crippen molar-refractivity contribution in [3.05, 3.63) is 58.9 Å². The van der Waals surface area contributed by atoms with Gasteiger partial charge in [0.1, 0.15) is 5.82 Å². The third kappa shape index (κ3) is 2.85. The van der Waals surface area contributed by atoms with Crippen molar-refractivity contribution in [2.75, 3.05) is 17.7 Å². The highest BCUT2D eigenvalue weighted by molar-refractivity contribution is 6.31. The minimum atomic E-state index is -0.548. The zero-order valence-electron chi connectivity index (χ0n) is 10.2. The number of nitrogen functional groups attached to an aromatic ring is 1. The van der Waals surface area contributed by atoms with Crippen molar-refractivity contribution in [1.29, 1.82) is 0 Å². The Morgan fingerprint density at radius 3 is 2.42 bits per heavy atom. The number of carbonyl (C=O) groups excluding carboxylic acids is 1. The number of carbonyl (C=O) groups is 1. The number of anilines is 2. The van der Waals surface area contributed by atoms with Crippen LogP contribution in [0.4, 0.5) is 15.8 Å². The maximum Gasteiger partial charge on any atom is 0.258 e. The van der Waals surface area contributed by atoms with Crippen LogP contribution in [0.3, 0.4) is 0 Å². The van der Waals surface area contributed by atoms with Crippen molar-refractivity contribution < 1.29 is 9.18 Å². The third-order valence-electron chi connectivity index (χ3n) is 2.75. The maximum atomic E-state index is 13.1. The Labute approximate surface area is 115 Å². The van der Waals surface area contributed by atoms with Crippen LogP contribution in [0.5, 0.6) is 0 Å². The first kappa shape index (κ1) is 13.4. The fraction of sp³-hybridized carbons (Fsp3) is 0.0714.